The maximum atomic E-state index is 12.1. The van der Waals surface area contributed by atoms with Crippen molar-refractivity contribution in [2.24, 2.45) is 5.73 Å². The number of nitrogens with two attached hydrogens (primary N) is 1. The lowest BCUT2D eigenvalue weighted by Gasteiger charge is -2.13. The van der Waals surface area contributed by atoms with Crippen LogP contribution in [0, 0.1) is 0 Å². The van der Waals surface area contributed by atoms with Gasteiger partial charge in [-0.2, -0.15) is 13.2 Å². The second-order valence-corrected chi connectivity index (χ2v) is 4.57. The van der Waals surface area contributed by atoms with Crippen LogP contribution in [0.3, 0.4) is 0 Å². The minimum atomic E-state index is -4.10. The molecule has 1 aromatic carbocycles. The molecule has 1 aromatic heterocycles. The third-order valence-electron chi connectivity index (χ3n) is 3.03. The van der Waals surface area contributed by atoms with Crippen LogP contribution < -0.4 is 5.73 Å². The molecule has 0 bridgehead atoms. The van der Waals surface area contributed by atoms with Crippen LogP contribution in [0.15, 0.2) is 36.5 Å². The van der Waals surface area contributed by atoms with E-state index in [1.54, 1.807) is 6.20 Å². The van der Waals surface area contributed by atoms with Crippen molar-refractivity contribution in [1.82, 2.24) is 4.98 Å². The number of halogens is 3. The van der Waals surface area contributed by atoms with E-state index in [1.165, 1.54) is 0 Å². The molecule has 2 nitrogen and oxygen atoms in total. The molecule has 2 aromatic rings. The Morgan fingerprint density at radius 3 is 2.74 bits per heavy atom. The van der Waals surface area contributed by atoms with E-state index in [9.17, 15) is 13.2 Å². The zero-order chi connectivity index (χ0) is 13.9. The first-order valence-electron chi connectivity index (χ1n) is 6.13. The van der Waals surface area contributed by atoms with Gasteiger partial charge in [0.25, 0.3) is 0 Å². The van der Waals surface area contributed by atoms with E-state index in [0.29, 0.717) is 6.42 Å². The maximum Gasteiger partial charge on any atom is 0.389 e. The number of fused-ring (bicyclic) bond motifs is 1. The SMILES string of the molecule is NC(CCCC(F)(F)F)c1ccc2ncccc2c1. The molecule has 0 radical (unpaired) electrons. The zero-order valence-electron chi connectivity index (χ0n) is 10.3. The summed E-state index contributed by atoms with van der Waals surface area (Å²) in [7, 11) is 0. The van der Waals surface area contributed by atoms with Crippen molar-refractivity contribution in [2.45, 2.75) is 31.5 Å². The van der Waals surface area contributed by atoms with E-state index < -0.39 is 12.6 Å². The molecule has 0 fully saturated rings. The van der Waals surface area contributed by atoms with E-state index in [2.05, 4.69) is 4.98 Å². The smallest absolute Gasteiger partial charge is 0.324 e. The Kier molecular flexibility index (Phi) is 4.04. The van der Waals surface area contributed by atoms with E-state index >= 15 is 0 Å². The number of alkyl halides is 3. The Morgan fingerprint density at radius 1 is 1.21 bits per heavy atom. The van der Waals surface area contributed by atoms with Gasteiger partial charge in [-0.15, -0.1) is 0 Å². The van der Waals surface area contributed by atoms with Gasteiger partial charge in [0.05, 0.1) is 5.52 Å². The number of benzene rings is 1. The minimum Gasteiger partial charge on any atom is -0.324 e. The van der Waals surface area contributed by atoms with E-state index in [4.69, 9.17) is 5.73 Å². The van der Waals surface area contributed by atoms with Crippen molar-refractivity contribution in [1.29, 1.82) is 0 Å². The van der Waals surface area contributed by atoms with Gasteiger partial charge in [-0.25, -0.2) is 0 Å². The standard InChI is InChI=1S/C14H15F3N2/c15-14(16,17)7-1-4-12(18)10-5-6-13-11(9-10)3-2-8-19-13/h2-3,5-6,8-9,12H,1,4,7,18H2. The summed E-state index contributed by atoms with van der Waals surface area (Å²) < 4.78 is 36.2. The number of aromatic nitrogens is 1. The second kappa shape index (κ2) is 5.57. The molecule has 1 unspecified atom stereocenters. The highest BCUT2D eigenvalue weighted by molar-refractivity contribution is 5.79. The highest BCUT2D eigenvalue weighted by Gasteiger charge is 2.26. The molecular weight excluding hydrogens is 253 g/mol. The zero-order valence-corrected chi connectivity index (χ0v) is 10.3. The summed E-state index contributed by atoms with van der Waals surface area (Å²) in [5.41, 5.74) is 7.63. The van der Waals surface area contributed by atoms with E-state index in [1.807, 2.05) is 30.3 Å². The number of hydrogen-bond acceptors (Lipinski definition) is 2. The van der Waals surface area contributed by atoms with Crippen LogP contribution in [0.1, 0.15) is 30.9 Å². The number of rotatable bonds is 4. The topological polar surface area (TPSA) is 38.9 Å². The Hall–Kier alpha value is -1.62. The fourth-order valence-corrected chi connectivity index (χ4v) is 2.01. The average molecular weight is 268 g/mol. The van der Waals surface area contributed by atoms with Gasteiger partial charge in [-0.05, 0) is 36.6 Å². The van der Waals surface area contributed by atoms with Gasteiger partial charge in [-0.3, -0.25) is 4.98 Å². The van der Waals surface area contributed by atoms with Crippen LogP contribution in [-0.4, -0.2) is 11.2 Å². The predicted octanol–water partition coefficient (Wildman–Crippen LogP) is 3.97. The molecule has 0 saturated heterocycles. The first-order valence-corrected chi connectivity index (χ1v) is 6.13. The molecule has 0 amide bonds. The molecule has 1 atom stereocenters. The lowest BCUT2D eigenvalue weighted by molar-refractivity contribution is -0.135. The quantitative estimate of drug-likeness (QED) is 0.911. The lowest BCUT2D eigenvalue weighted by Crippen LogP contribution is -2.13. The van der Waals surface area contributed by atoms with Crippen molar-refractivity contribution in [3.05, 3.63) is 42.1 Å². The van der Waals surface area contributed by atoms with Gasteiger partial charge in [0.2, 0.25) is 0 Å². The summed E-state index contributed by atoms with van der Waals surface area (Å²) in [5.74, 6) is 0. The monoisotopic (exact) mass is 268 g/mol. The summed E-state index contributed by atoms with van der Waals surface area (Å²) in [4.78, 5) is 4.19. The highest BCUT2D eigenvalue weighted by atomic mass is 19.4. The molecule has 0 saturated carbocycles. The Labute approximate surface area is 109 Å². The average Bonchev–Trinajstić information content (AvgIpc) is 2.36. The van der Waals surface area contributed by atoms with Crippen LogP contribution in [0.4, 0.5) is 13.2 Å². The summed E-state index contributed by atoms with van der Waals surface area (Å²) in [6.45, 7) is 0. The van der Waals surface area contributed by atoms with E-state index in [-0.39, 0.29) is 12.5 Å². The van der Waals surface area contributed by atoms with Gasteiger partial charge < -0.3 is 5.73 Å². The summed E-state index contributed by atoms with van der Waals surface area (Å²) in [5, 5.41) is 0.950. The van der Waals surface area contributed by atoms with Crippen molar-refractivity contribution in [2.75, 3.05) is 0 Å². The van der Waals surface area contributed by atoms with Crippen LogP contribution in [0.2, 0.25) is 0 Å². The number of pyridine rings is 1. The van der Waals surface area contributed by atoms with E-state index in [0.717, 1.165) is 16.5 Å². The first kappa shape index (κ1) is 13.8. The Morgan fingerprint density at radius 2 is 2.00 bits per heavy atom. The summed E-state index contributed by atoms with van der Waals surface area (Å²) in [6.07, 6.45) is -2.81. The van der Waals surface area contributed by atoms with Crippen molar-refractivity contribution < 1.29 is 13.2 Å². The normalized spacial score (nSPS) is 13.7. The predicted molar refractivity (Wildman–Crippen MR) is 68.6 cm³/mol. The third kappa shape index (κ3) is 3.92. The Bertz CT molecular complexity index is 552. The maximum absolute atomic E-state index is 12.1. The molecule has 2 rings (SSSR count). The molecule has 19 heavy (non-hydrogen) atoms. The number of nitrogens with zero attached hydrogens (tertiary/aromatic N) is 1. The molecule has 2 N–H and O–H groups in total. The second-order valence-electron chi connectivity index (χ2n) is 4.57. The van der Waals surface area contributed by atoms with Gasteiger partial charge >= 0.3 is 6.18 Å². The number of hydrogen-bond donors (Lipinski definition) is 1. The molecule has 5 heteroatoms. The fraction of sp³-hybridized carbons (Fsp3) is 0.357. The van der Waals surface area contributed by atoms with Gasteiger partial charge in [0.1, 0.15) is 0 Å². The lowest BCUT2D eigenvalue weighted by atomic mass is 10.00. The molecule has 102 valence electrons. The summed E-state index contributed by atoms with van der Waals surface area (Å²) >= 11 is 0. The fourth-order valence-electron chi connectivity index (χ4n) is 2.01. The Balaban J connectivity index is 2.03. The van der Waals surface area contributed by atoms with Crippen LogP contribution in [-0.2, 0) is 0 Å². The molecule has 0 aliphatic heterocycles. The third-order valence-corrected chi connectivity index (χ3v) is 3.03. The highest BCUT2D eigenvalue weighted by Crippen LogP contribution is 2.26. The molecular formula is C14H15F3N2. The first-order chi connectivity index (χ1) is 8.96. The molecule has 0 spiro atoms. The van der Waals surface area contributed by atoms with Gasteiger partial charge in [0.15, 0.2) is 0 Å². The van der Waals surface area contributed by atoms with Crippen LogP contribution in [0.25, 0.3) is 10.9 Å². The van der Waals surface area contributed by atoms with Crippen LogP contribution >= 0.6 is 0 Å². The van der Waals surface area contributed by atoms with Crippen molar-refractivity contribution in [3.8, 4) is 0 Å². The van der Waals surface area contributed by atoms with Crippen LogP contribution in [0.5, 0.6) is 0 Å². The molecule has 0 aliphatic rings. The van der Waals surface area contributed by atoms with Crippen molar-refractivity contribution in [3.63, 3.8) is 0 Å². The minimum absolute atomic E-state index is 0.0513. The molecule has 0 aliphatic carbocycles. The largest absolute Gasteiger partial charge is 0.389 e. The van der Waals surface area contributed by atoms with Crippen molar-refractivity contribution >= 4 is 10.9 Å². The van der Waals surface area contributed by atoms with Gasteiger partial charge in [0, 0.05) is 24.0 Å². The van der Waals surface area contributed by atoms with Gasteiger partial charge in [-0.1, -0.05) is 12.1 Å². The summed E-state index contributed by atoms with van der Waals surface area (Å²) in [6, 6.07) is 8.92. The molecule has 1 heterocycles.